The van der Waals surface area contributed by atoms with Crippen LogP contribution in [0.3, 0.4) is 0 Å². The molecule has 0 saturated carbocycles. The highest BCUT2D eigenvalue weighted by molar-refractivity contribution is 7.08. The molecule has 1 aromatic heterocycles. The fourth-order valence-corrected chi connectivity index (χ4v) is 5.04. The molecule has 1 aromatic carbocycles. The van der Waals surface area contributed by atoms with E-state index in [9.17, 15) is 9.59 Å². The largest absolute Gasteiger partial charge is 0.497 e. The Balaban J connectivity index is 1.55. The first-order valence-electron chi connectivity index (χ1n) is 9.47. The van der Waals surface area contributed by atoms with Gasteiger partial charge in [-0.25, -0.2) is 0 Å². The minimum absolute atomic E-state index is 0.00882. The molecular weight excluding hydrogens is 374 g/mol. The van der Waals surface area contributed by atoms with Gasteiger partial charge < -0.3 is 14.5 Å². The Hall–Kier alpha value is -2.38. The van der Waals surface area contributed by atoms with Crippen molar-refractivity contribution < 1.29 is 14.3 Å². The van der Waals surface area contributed by atoms with E-state index in [0.29, 0.717) is 6.54 Å². The lowest BCUT2D eigenvalue weighted by atomic mass is 9.92. The first kappa shape index (κ1) is 19.0. The SMILES string of the molecule is COc1cccc(CN2CCC3(C2)CN(c2ccsc2)C(=O)CN3C(C)=O)c1. The summed E-state index contributed by atoms with van der Waals surface area (Å²) in [5, 5.41) is 3.98. The maximum absolute atomic E-state index is 12.7. The predicted molar refractivity (Wildman–Crippen MR) is 110 cm³/mol. The van der Waals surface area contributed by atoms with Crippen molar-refractivity contribution in [1.82, 2.24) is 9.80 Å². The molecule has 0 N–H and O–H groups in total. The van der Waals surface area contributed by atoms with Gasteiger partial charge in [0.05, 0.1) is 24.9 Å². The molecule has 0 aliphatic carbocycles. The molecule has 6 nitrogen and oxygen atoms in total. The number of rotatable bonds is 4. The zero-order valence-electron chi connectivity index (χ0n) is 16.3. The Bertz CT molecular complexity index is 870. The van der Waals surface area contributed by atoms with Gasteiger partial charge in [-0.05, 0) is 35.6 Å². The zero-order chi connectivity index (χ0) is 19.7. The van der Waals surface area contributed by atoms with Crippen molar-refractivity contribution in [3.05, 3.63) is 46.7 Å². The van der Waals surface area contributed by atoms with E-state index in [2.05, 4.69) is 17.0 Å². The van der Waals surface area contributed by atoms with E-state index in [1.807, 2.05) is 33.9 Å². The molecule has 0 radical (unpaired) electrons. The number of likely N-dealkylation sites (tertiary alicyclic amines) is 1. The molecule has 2 fully saturated rings. The number of thiophene rings is 1. The molecule has 1 spiro atoms. The lowest BCUT2D eigenvalue weighted by molar-refractivity contribution is -0.142. The van der Waals surface area contributed by atoms with Crippen LogP contribution in [0.25, 0.3) is 0 Å². The van der Waals surface area contributed by atoms with Gasteiger partial charge in [0.15, 0.2) is 0 Å². The molecule has 0 bridgehead atoms. The van der Waals surface area contributed by atoms with Crippen LogP contribution in [-0.4, -0.2) is 60.4 Å². The first-order valence-corrected chi connectivity index (χ1v) is 10.4. The second kappa shape index (κ2) is 7.56. The summed E-state index contributed by atoms with van der Waals surface area (Å²) in [5.41, 5.74) is 1.79. The summed E-state index contributed by atoms with van der Waals surface area (Å²) < 4.78 is 5.33. The average molecular weight is 400 g/mol. The summed E-state index contributed by atoms with van der Waals surface area (Å²) in [6.45, 7) is 4.73. The van der Waals surface area contributed by atoms with Crippen LogP contribution in [0.5, 0.6) is 5.75 Å². The van der Waals surface area contributed by atoms with Gasteiger partial charge in [0.1, 0.15) is 12.3 Å². The molecule has 7 heteroatoms. The van der Waals surface area contributed by atoms with Crippen LogP contribution in [0.4, 0.5) is 5.69 Å². The maximum atomic E-state index is 12.7. The highest BCUT2D eigenvalue weighted by atomic mass is 32.1. The number of nitrogens with zero attached hydrogens (tertiary/aromatic N) is 3. The minimum atomic E-state index is -0.333. The maximum Gasteiger partial charge on any atom is 0.246 e. The highest BCUT2D eigenvalue weighted by Crippen LogP contribution is 2.35. The third-order valence-corrected chi connectivity index (χ3v) is 6.44. The van der Waals surface area contributed by atoms with E-state index in [1.165, 1.54) is 5.56 Å². The molecule has 2 amide bonds. The molecule has 3 heterocycles. The lowest BCUT2D eigenvalue weighted by Gasteiger charge is -2.48. The molecular formula is C21H25N3O3S. The first-order chi connectivity index (χ1) is 13.5. The van der Waals surface area contributed by atoms with Gasteiger partial charge in [-0.15, -0.1) is 0 Å². The number of benzene rings is 1. The second-order valence-electron chi connectivity index (χ2n) is 7.60. The normalized spacial score (nSPS) is 22.9. The van der Waals surface area contributed by atoms with Gasteiger partial charge in [0.25, 0.3) is 0 Å². The van der Waals surface area contributed by atoms with Crippen LogP contribution in [-0.2, 0) is 16.1 Å². The molecule has 28 heavy (non-hydrogen) atoms. The highest BCUT2D eigenvalue weighted by Gasteiger charge is 2.50. The van der Waals surface area contributed by atoms with E-state index >= 15 is 0 Å². The van der Waals surface area contributed by atoms with Gasteiger partial charge in [-0.3, -0.25) is 14.5 Å². The van der Waals surface area contributed by atoms with E-state index in [0.717, 1.165) is 37.5 Å². The van der Waals surface area contributed by atoms with Crippen molar-refractivity contribution in [2.24, 2.45) is 0 Å². The van der Waals surface area contributed by atoms with Crippen LogP contribution in [0.15, 0.2) is 41.1 Å². The molecule has 4 rings (SSSR count). The van der Waals surface area contributed by atoms with Gasteiger partial charge in [0.2, 0.25) is 11.8 Å². The average Bonchev–Trinajstić information content (AvgIpc) is 3.34. The summed E-state index contributed by atoms with van der Waals surface area (Å²) in [6.07, 6.45) is 0.866. The smallest absolute Gasteiger partial charge is 0.246 e. The molecule has 2 saturated heterocycles. The van der Waals surface area contributed by atoms with Gasteiger partial charge in [-0.2, -0.15) is 11.3 Å². The van der Waals surface area contributed by atoms with E-state index in [1.54, 1.807) is 30.3 Å². The fraction of sp³-hybridized carbons (Fsp3) is 0.429. The monoisotopic (exact) mass is 399 g/mol. The number of ether oxygens (including phenoxy) is 1. The zero-order valence-corrected chi connectivity index (χ0v) is 17.1. The Labute approximate surface area is 169 Å². The van der Waals surface area contributed by atoms with Crippen molar-refractivity contribution >= 4 is 28.8 Å². The van der Waals surface area contributed by atoms with E-state index < -0.39 is 0 Å². The lowest BCUT2D eigenvalue weighted by Crippen LogP contribution is -2.66. The summed E-state index contributed by atoms with van der Waals surface area (Å²) >= 11 is 1.58. The summed E-state index contributed by atoms with van der Waals surface area (Å²) in [5.74, 6) is 0.815. The molecule has 1 unspecified atom stereocenters. The molecule has 148 valence electrons. The van der Waals surface area contributed by atoms with E-state index in [4.69, 9.17) is 4.74 Å². The van der Waals surface area contributed by atoms with Gasteiger partial charge in [0, 0.05) is 31.9 Å². The summed E-state index contributed by atoms with van der Waals surface area (Å²) in [6, 6.07) is 10.1. The number of methoxy groups -OCH3 is 1. The number of amides is 2. The number of hydrogen-bond donors (Lipinski definition) is 0. The van der Waals surface area contributed by atoms with Gasteiger partial charge >= 0.3 is 0 Å². The van der Waals surface area contributed by atoms with Crippen LogP contribution in [0, 0.1) is 0 Å². The fourth-order valence-electron chi connectivity index (χ4n) is 4.40. The van der Waals surface area contributed by atoms with Crippen LogP contribution >= 0.6 is 11.3 Å². The van der Waals surface area contributed by atoms with Crippen molar-refractivity contribution in [2.75, 3.05) is 38.2 Å². The van der Waals surface area contributed by atoms with Crippen LogP contribution in [0.1, 0.15) is 18.9 Å². The Morgan fingerprint density at radius 2 is 2.14 bits per heavy atom. The van der Waals surface area contributed by atoms with Crippen molar-refractivity contribution in [2.45, 2.75) is 25.4 Å². The number of anilines is 1. The Morgan fingerprint density at radius 3 is 2.86 bits per heavy atom. The van der Waals surface area contributed by atoms with Crippen LogP contribution in [0.2, 0.25) is 0 Å². The van der Waals surface area contributed by atoms with E-state index in [-0.39, 0.29) is 23.9 Å². The van der Waals surface area contributed by atoms with Crippen molar-refractivity contribution in [1.29, 1.82) is 0 Å². The Kier molecular flexibility index (Phi) is 5.12. The number of carbonyl (C=O) groups excluding carboxylic acids is 2. The van der Waals surface area contributed by atoms with Crippen LogP contribution < -0.4 is 9.64 Å². The molecule has 2 aromatic rings. The van der Waals surface area contributed by atoms with Crippen molar-refractivity contribution in [3.63, 3.8) is 0 Å². The molecule has 2 aliphatic rings. The Morgan fingerprint density at radius 1 is 1.29 bits per heavy atom. The number of carbonyl (C=O) groups is 2. The topological polar surface area (TPSA) is 53.1 Å². The number of hydrogen-bond acceptors (Lipinski definition) is 5. The quantitative estimate of drug-likeness (QED) is 0.793. The summed E-state index contributed by atoms with van der Waals surface area (Å²) in [4.78, 5) is 31.1. The molecule has 2 aliphatic heterocycles. The second-order valence-corrected chi connectivity index (χ2v) is 8.38. The molecule has 1 atom stereocenters. The third-order valence-electron chi connectivity index (χ3n) is 5.77. The third kappa shape index (κ3) is 3.52. The predicted octanol–water partition coefficient (Wildman–Crippen LogP) is 2.60. The minimum Gasteiger partial charge on any atom is -0.497 e. The van der Waals surface area contributed by atoms with Gasteiger partial charge in [-0.1, -0.05) is 12.1 Å². The number of piperazine rings is 1. The standard InChI is InChI=1S/C21H25N3O3S/c1-16(25)24-12-20(26)23(18-6-9-28-13-18)15-21(24)7-8-22(14-21)11-17-4-3-5-19(10-17)27-2/h3-6,9-10,13H,7-8,11-12,14-15H2,1-2H3. The van der Waals surface area contributed by atoms with Crippen molar-refractivity contribution in [3.8, 4) is 5.75 Å². The summed E-state index contributed by atoms with van der Waals surface area (Å²) in [7, 11) is 1.67.